The molecule has 1 aliphatic heterocycles. The van der Waals surface area contributed by atoms with Gasteiger partial charge in [0.2, 0.25) is 0 Å². The fourth-order valence-electron chi connectivity index (χ4n) is 2.53. The number of nitrogens with one attached hydrogen (secondary N) is 1. The summed E-state index contributed by atoms with van der Waals surface area (Å²) in [6.45, 7) is 0.707. The highest BCUT2D eigenvalue weighted by atomic mass is 16.5. The Morgan fingerprint density at radius 3 is 2.90 bits per heavy atom. The molecule has 2 aromatic carbocycles. The van der Waals surface area contributed by atoms with Crippen molar-refractivity contribution in [1.82, 2.24) is 0 Å². The van der Waals surface area contributed by atoms with Gasteiger partial charge in [-0.3, -0.25) is 0 Å². The predicted molar refractivity (Wildman–Crippen MR) is 80.3 cm³/mol. The van der Waals surface area contributed by atoms with E-state index in [0.717, 1.165) is 17.9 Å². The summed E-state index contributed by atoms with van der Waals surface area (Å²) < 4.78 is 10.9. The van der Waals surface area contributed by atoms with Crippen LogP contribution in [0.2, 0.25) is 0 Å². The lowest BCUT2D eigenvalue weighted by atomic mass is 10.00. The first-order valence-electron chi connectivity index (χ1n) is 6.70. The Balaban J connectivity index is 1.90. The number of nitrogen functional groups attached to an aromatic ring is 1. The molecule has 0 aliphatic carbocycles. The van der Waals surface area contributed by atoms with Crippen LogP contribution >= 0.6 is 0 Å². The van der Waals surface area contributed by atoms with E-state index in [9.17, 15) is 0 Å². The first-order chi connectivity index (χ1) is 9.79. The van der Waals surface area contributed by atoms with Crippen LogP contribution in [0, 0.1) is 0 Å². The predicted octanol–water partition coefficient (Wildman–Crippen LogP) is 3.21. The second-order valence-corrected chi connectivity index (χ2v) is 4.79. The van der Waals surface area contributed by atoms with E-state index in [4.69, 9.17) is 15.2 Å². The topological polar surface area (TPSA) is 56.5 Å². The summed E-state index contributed by atoms with van der Waals surface area (Å²) in [6, 6.07) is 14.1. The lowest BCUT2D eigenvalue weighted by molar-refractivity contribution is 0.274. The number of nitrogens with two attached hydrogens (primary N) is 1. The number of hydrogen-bond donors (Lipinski definition) is 2. The maximum Gasteiger partial charge on any atom is 0.143 e. The van der Waals surface area contributed by atoms with E-state index in [1.165, 1.54) is 5.56 Å². The third-order valence-electron chi connectivity index (χ3n) is 3.57. The van der Waals surface area contributed by atoms with E-state index < -0.39 is 0 Å². The van der Waals surface area contributed by atoms with Crippen LogP contribution in [0.4, 0.5) is 11.4 Å². The van der Waals surface area contributed by atoms with Gasteiger partial charge in [0, 0.05) is 12.0 Å². The largest absolute Gasteiger partial charge is 0.495 e. The molecule has 0 bridgehead atoms. The highest BCUT2D eigenvalue weighted by Crippen LogP contribution is 2.37. The van der Waals surface area contributed by atoms with E-state index in [1.807, 2.05) is 36.4 Å². The Bertz CT molecular complexity index is 613. The van der Waals surface area contributed by atoms with Crippen molar-refractivity contribution in [3.63, 3.8) is 0 Å². The fourth-order valence-corrected chi connectivity index (χ4v) is 2.53. The molecule has 104 valence electrons. The average Bonchev–Trinajstić information content (AvgIpc) is 2.50. The first kappa shape index (κ1) is 12.7. The molecule has 1 heterocycles. The first-order valence-corrected chi connectivity index (χ1v) is 6.70. The number of rotatable bonds is 3. The van der Waals surface area contributed by atoms with Crippen LogP contribution < -0.4 is 20.5 Å². The average molecular weight is 270 g/mol. The van der Waals surface area contributed by atoms with Gasteiger partial charge in [-0.25, -0.2) is 0 Å². The van der Waals surface area contributed by atoms with Crippen LogP contribution in [0.15, 0.2) is 42.5 Å². The molecule has 0 saturated heterocycles. The molecule has 4 nitrogen and oxygen atoms in total. The van der Waals surface area contributed by atoms with Crippen LogP contribution in [0.25, 0.3) is 0 Å². The van der Waals surface area contributed by atoms with Crippen molar-refractivity contribution in [2.24, 2.45) is 0 Å². The number of fused-ring (bicyclic) bond motifs is 1. The van der Waals surface area contributed by atoms with Gasteiger partial charge in [-0.2, -0.15) is 0 Å². The molecule has 0 saturated carbocycles. The van der Waals surface area contributed by atoms with Gasteiger partial charge in [-0.05, 0) is 18.2 Å². The molecule has 3 rings (SSSR count). The summed E-state index contributed by atoms with van der Waals surface area (Å²) in [4.78, 5) is 0. The number of ether oxygens (including phenoxy) is 2. The van der Waals surface area contributed by atoms with Crippen LogP contribution in [-0.4, -0.2) is 13.7 Å². The molecule has 0 aromatic heterocycles. The van der Waals surface area contributed by atoms with Gasteiger partial charge in [-0.1, -0.05) is 24.3 Å². The van der Waals surface area contributed by atoms with Crippen LogP contribution in [0.1, 0.15) is 18.0 Å². The van der Waals surface area contributed by atoms with Crippen LogP contribution in [0.3, 0.4) is 0 Å². The molecule has 20 heavy (non-hydrogen) atoms. The normalized spacial score (nSPS) is 16.9. The zero-order valence-electron chi connectivity index (χ0n) is 11.4. The van der Waals surface area contributed by atoms with Crippen molar-refractivity contribution >= 4 is 11.4 Å². The smallest absolute Gasteiger partial charge is 0.143 e. The number of anilines is 2. The van der Waals surface area contributed by atoms with Crippen molar-refractivity contribution in [2.45, 2.75) is 12.5 Å². The molecule has 0 radical (unpaired) electrons. The van der Waals surface area contributed by atoms with Crippen molar-refractivity contribution < 1.29 is 9.47 Å². The highest BCUT2D eigenvalue weighted by Gasteiger charge is 2.21. The highest BCUT2D eigenvalue weighted by molar-refractivity contribution is 5.73. The second-order valence-electron chi connectivity index (χ2n) is 4.79. The maximum atomic E-state index is 6.11. The minimum atomic E-state index is 0.203. The summed E-state index contributed by atoms with van der Waals surface area (Å²) in [5.41, 5.74) is 8.81. The van der Waals surface area contributed by atoms with Gasteiger partial charge >= 0.3 is 0 Å². The minimum absolute atomic E-state index is 0.203. The molecule has 0 amide bonds. The Kier molecular flexibility index (Phi) is 3.37. The molecular weight excluding hydrogens is 252 g/mol. The Hall–Kier alpha value is -2.36. The Labute approximate surface area is 118 Å². The Morgan fingerprint density at radius 2 is 2.05 bits per heavy atom. The molecular formula is C16H18N2O2. The quantitative estimate of drug-likeness (QED) is 0.841. The molecule has 2 aromatic rings. The van der Waals surface area contributed by atoms with Crippen molar-refractivity contribution in [2.75, 3.05) is 24.8 Å². The van der Waals surface area contributed by atoms with Crippen molar-refractivity contribution in [3.8, 4) is 11.5 Å². The zero-order valence-corrected chi connectivity index (χ0v) is 11.4. The number of methoxy groups -OCH3 is 1. The van der Waals surface area contributed by atoms with Crippen molar-refractivity contribution in [1.29, 1.82) is 0 Å². The third kappa shape index (κ3) is 2.25. The minimum Gasteiger partial charge on any atom is -0.495 e. The van der Waals surface area contributed by atoms with Gasteiger partial charge in [0.15, 0.2) is 0 Å². The zero-order chi connectivity index (χ0) is 13.9. The Morgan fingerprint density at radius 1 is 1.20 bits per heavy atom. The lowest BCUT2D eigenvalue weighted by Crippen LogP contribution is -2.20. The van der Waals surface area contributed by atoms with Gasteiger partial charge in [0.05, 0.1) is 31.1 Å². The monoisotopic (exact) mass is 270 g/mol. The summed E-state index contributed by atoms with van der Waals surface area (Å²) in [6.07, 6.45) is 0.910. The molecule has 3 N–H and O–H groups in total. The number of hydrogen-bond acceptors (Lipinski definition) is 4. The maximum absolute atomic E-state index is 6.11. The van der Waals surface area contributed by atoms with E-state index in [2.05, 4.69) is 11.4 Å². The van der Waals surface area contributed by atoms with E-state index in [1.54, 1.807) is 7.11 Å². The third-order valence-corrected chi connectivity index (χ3v) is 3.57. The number of para-hydroxylation sites is 2. The second kappa shape index (κ2) is 5.33. The molecule has 0 fully saturated rings. The molecule has 0 spiro atoms. The standard InChI is InChI=1S/C16H18N2O2/c1-19-15-8-4-6-13(16(15)17)18-12-9-10-20-14-7-3-2-5-11(12)14/h2-8,12,18H,9-10,17H2,1H3. The molecule has 4 heteroatoms. The van der Waals surface area contributed by atoms with E-state index in [-0.39, 0.29) is 6.04 Å². The summed E-state index contributed by atoms with van der Waals surface area (Å²) in [5, 5.41) is 3.50. The van der Waals surface area contributed by atoms with Gasteiger partial charge < -0.3 is 20.5 Å². The van der Waals surface area contributed by atoms with Gasteiger partial charge in [0.25, 0.3) is 0 Å². The number of benzene rings is 2. The fraction of sp³-hybridized carbons (Fsp3) is 0.250. The van der Waals surface area contributed by atoms with E-state index in [0.29, 0.717) is 18.0 Å². The SMILES string of the molecule is COc1cccc(NC2CCOc3ccccc32)c1N. The van der Waals surface area contributed by atoms with Crippen LogP contribution in [-0.2, 0) is 0 Å². The summed E-state index contributed by atoms with van der Waals surface area (Å²) >= 11 is 0. The van der Waals surface area contributed by atoms with Crippen LogP contribution in [0.5, 0.6) is 11.5 Å². The summed E-state index contributed by atoms with van der Waals surface area (Å²) in [7, 11) is 1.62. The van der Waals surface area contributed by atoms with Gasteiger partial charge in [0.1, 0.15) is 11.5 Å². The van der Waals surface area contributed by atoms with E-state index >= 15 is 0 Å². The van der Waals surface area contributed by atoms with Gasteiger partial charge in [-0.15, -0.1) is 0 Å². The molecule has 1 aliphatic rings. The molecule has 1 atom stereocenters. The van der Waals surface area contributed by atoms with Crippen molar-refractivity contribution in [3.05, 3.63) is 48.0 Å². The lowest BCUT2D eigenvalue weighted by Gasteiger charge is -2.28. The summed E-state index contributed by atoms with van der Waals surface area (Å²) in [5.74, 6) is 1.63. The molecule has 1 unspecified atom stereocenters.